The van der Waals surface area contributed by atoms with Crippen LogP contribution >= 0.6 is 0 Å². The lowest BCUT2D eigenvalue weighted by molar-refractivity contribution is -0.211. The van der Waals surface area contributed by atoms with Crippen LogP contribution in [0.5, 0.6) is 11.5 Å². The van der Waals surface area contributed by atoms with Crippen LogP contribution in [0, 0.1) is 5.92 Å². The number of nitrogens with zero attached hydrogens (tertiary/aromatic N) is 2. The quantitative estimate of drug-likeness (QED) is 0.353. The van der Waals surface area contributed by atoms with Crippen molar-refractivity contribution in [2.75, 3.05) is 20.1 Å². The topological polar surface area (TPSA) is 73.2 Å². The Labute approximate surface area is 260 Å². The van der Waals surface area contributed by atoms with Crippen LogP contribution in [0.2, 0.25) is 0 Å². The number of alkyl halides is 3. The Kier molecular flexibility index (Phi) is 7.05. The Hall–Kier alpha value is -3.82. The van der Waals surface area contributed by atoms with Gasteiger partial charge in [0.05, 0.1) is 22.6 Å². The second kappa shape index (κ2) is 10.6. The molecule has 0 unspecified atom stereocenters. The summed E-state index contributed by atoms with van der Waals surface area (Å²) in [6.07, 6.45) is 0.143. The van der Waals surface area contributed by atoms with Gasteiger partial charge in [-0.15, -0.1) is 0 Å². The van der Waals surface area contributed by atoms with Gasteiger partial charge in [-0.3, -0.25) is 9.69 Å². The zero-order valence-electron chi connectivity index (χ0n) is 25.3. The third-order valence-corrected chi connectivity index (χ3v) is 10.9. The maximum absolute atomic E-state index is 13.6. The van der Waals surface area contributed by atoms with Crippen molar-refractivity contribution in [3.63, 3.8) is 0 Å². The standard InChI is InChI=1S/C36H37F3N2O4/c1-22-21-35(44)28-20-25-12-13-27(42)32-30(25)34(35,16-18-41(28)17-15-23-7-4-3-5-8-23)33(45-32)31(22)40(2)29(43)14-11-24-9-6-10-26(19-24)36(37,38)39/h3-14,19,22,28,31,33,42,44H,15-18,20-21H2,1-2H3/t22-,28+,31-,33-,34-,35+/m0/s1. The Morgan fingerprint density at radius 3 is 2.67 bits per heavy atom. The summed E-state index contributed by atoms with van der Waals surface area (Å²) < 4.78 is 46.3. The summed E-state index contributed by atoms with van der Waals surface area (Å²) in [4.78, 5) is 17.6. The number of rotatable bonds is 6. The van der Waals surface area contributed by atoms with Crippen molar-refractivity contribution >= 4 is 12.0 Å². The van der Waals surface area contributed by atoms with Crippen molar-refractivity contribution in [3.05, 3.63) is 101 Å². The molecule has 2 aliphatic heterocycles. The van der Waals surface area contributed by atoms with Crippen molar-refractivity contribution in [2.24, 2.45) is 5.92 Å². The molecule has 2 bridgehead atoms. The molecule has 4 aliphatic rings. The van der Waals surface area contributed by atoms with Crippen LogP contribution in [0.4, 0.5) is 13.2 Å². The van der Waals surface area contributed by atoms with Gasteiger partial charge in [0.25, 0.3) is 0 Å². The molecule has 0 aromatic heterocycles. The molecular formula is C36H37F3N2O4. The van der Waals surface area contributed by atoms with E-state index in [9.17, 15) is 28.2 Å². The lowest BCUT2D eigenvalue weighted by atomic mass is 9.46. The van der Waals surface area contributed by atoms with Crippen LogP contribution in [-0.2, 0) is 29.2 Å². The molecule has 2 fully saturated rings. The van der Waals surface area contributed by atoms with Crippen molar-refractivity contribution in [2.45, 2.75) is 68.0 Å². The zero-order valence-corrected chi connectivity index (χ0v) is 25.3. The van der Waals surface area contributed by atoms with Crippen LogP contribution in [0.1, 0.15) is 47.6 Å². The number of carbonyl (C=O) groups excluding carboxylic acids is 1. The molecule has 0 radical (unpaired) electrons. The van der Waals surface area contributed by atoms with Gasteiger partial charge in [0.2, 0.25) is 5.91 Å². The molecule has 9 heteroatoms. The van der Waals surface area contributed by atoms with E-state index in [1.165, 1.54) is 29.8 Å². The third kappa shape index (κ3) is 4.57. The van der Waals surface area contributed by atoms with Crippen LogP contribution < -0.4 is 4.74 Å². The van der Waals surface area contributed by atoms with Crippen molar-refractivity contribution in [3.8, 4) is 11.5 Å². The lowest BCUT2D eigenvalue weighted by Gasteiger charge is -2.66. The maximum atomic E-state index is 13.6. The van der Waals surface area contributed by atoms with Gasteiger partial charge in [-0.1, -0.05) is 55.5 Å². The number of piperidine rings is 1. The third-order valence-electron chi connectivity index (χ3n) is 10.9. The highest BCUT2D eigenvalue weighted by atomic mass is 19.4. The van der Waals surface area contributed by atoms with Crippen LogP contribution in [-0.4, -0.2) is 69.8 Å². The van der Waals surface area contributed by atoms with Gasteiger partial charge in [-0.25, -0.2) is 0 Å². The van der Waals surface area contributed by atoms with E-state index in [4.69, 9.17) is 4.74 Å². The van der Waals surface area contributed by atoms with E-state index >= 15 is 0 Å². The predicted molar refractivity (Wildman–Crippen MR) is 164 cm³/mol. The number of halogens is 3. The number of phenols is 1. The first-order chi connectivity index (χ1) is 21.4. The summed E-state index contributed by atoms with van der Waals surface area (Å²) in [5.41, 5.74) is 0.687. The molecular weight excluding hydrogens is 581 g/mol. The smallest absolute Gasteiger partial charge is 0.416 e. The van der Waals surface area contributed by atoms with Gasteiger partial charge < -0.3 is 19.8 Å². The molecule has 45 heavy (non-hydrogen) atoms. The van der Waals surface area contributed by atoms with E-state index in [1.54, 1.807) is 18.0 Å². The minimum absolute atomic E-state index is 0.0228. The first-order valence-corrected chi connectivity index (χ1v) is 15.6. The van der Waals surface area contributed by atoms with E-state index in [0.717, 1.165) is 42.8 Å². The normalized spacial score (nSPS) is 30.2. The number of aliphatic hydroxyl groups is 1. The number of hydrogen-bond acceptors (Lipinski definition) is 5. The van der Waals surface area contributed by atoms with Crippen molar-refractivity contribution in [1.82, 2.24) is 9.80 Å². The molecule has 1 saturated carbocycles. The summed E-state index contributed by atoms with van der Waals surface area (Å²) in [7, 11) is 1.68. The maximum Gasteiger partial charge on any atom is 0.416 e. The minimum atomic E-state index is -4.48. The minimum Gasteiger partial charge on any atom is -0.504 e. The second-order valence-electron chi connectivity index (χ2n) is 13.2. The number of likely N-dealkylation sites (tertiary alicyclic amines) is 1. The highest BCUT2D eigenvalue weighted by Gasteiger charge is 2.74. The number of likely N-dealkylation sites (N-methyl/N-ethyl adjacent to an activating group) is 1. The zero-order chi connectivity index (χ0) is 31.7. The van der Waals surface area contributed by atoms with E-state index in [1.807, 2.05) is 31.2 Å². The van der Waals surface area contributed by atoms with Crippen molar-refractivity contribution in [1.29, 1.82) is 0 Å². The molecule has 1 spiro atoms. The fourth-order valence-corrected chi connectivity index (χ4v) is 8.90. The van der Waals surface area contributed by atoms with Gasteiger partial charge in [-0.05, 0) is 79.1 Å². The van der Waals surface area contributed by atoms with Crippen molar-refractivity contribution < 1.29 is 32.9 Å². The number of hydrogen-bond donors (Lipinski definition) is 2. The monoisotopic (exact) mass is 618 g/mol. The molecule has 7 rings (SSSR count). The summed E-state index contributed by atoms with van der Waals surface area (Å²) in [6.45, 7) is 3.55. The van der Waals surface area contributed by atoms with Crippen LogP contribution in [0.25, 0.3) is 6.08 Å². The van der Waals surface area contributed by atoms with Crippen LogP contribution in [0.3, 0.4) is 0 Å². The van der Waals surface area contributed by atoms with Gasteiger partial charge in [0.1, 0.15) is 6.10 Å². The fraction of sp³-hybridized carbons (Fsp3) is 0.417. The van der Waals surface area contributed by atoms with Gasteiger partial charge >= 0.3 is 6.18 Å². The second-order valence-corrected chi connectivity index (χ2v) is 13.2. The first kappa shape index (κ1) is 29.9. The molecule has 2 N–H and O–H groups in total. The highest BCUT2D eigenvalue weighted by Crippen LogP contribution is 2.66. The van der Waals surface area contributed by atoms with E-state index in [0.29, 0.717) is 25.0 Å². The van der Waals surface area contributed by atoms with Crippen LogP contribution in [0.15, 0.2) is 72.8 Å². The summed E-state index contributed by atoms with van der Waals surface area (Å²) >= 11 is 0. The number of ether oxygens (including phenoxy) is 1. The molecule has 3 aromatic rings. The number of benzene rings is 3. The van der Waals surface area contributed by atoms with E-state index < -0.39 is 34.9 Å². The molecule has 1 saturated heterocycles. The molecule has 1 amide bonds. The number of aromatic hydroxyl groups is 1. The molecule has 2 heterocycles. The average Bonchev–Trinajstić information content (AvgIpc) is 3.36. The SMILES string of the molecule is C[C@H]1C[C@@]2(O)[C@H]3Cc4ccc(O)c5c4[C@@]2(CCN3CCc2ccccc2)[C@@H](O5)[C@H]1N(C)C(=O)C=Cc1cccc(C(F)(F)F)c1. The molecule has 6 atom stereocenters. The molecule has 236 valence electrons. The summed E-state index contributed by atoms with van der Waals surface area (Å²) in [6, 6.07) is 18.2. The predicted octanol–water partition coefficient (Wildman–Crippen LogP) is 5.59. The largest absolute Gasteiger partial charge is 0.504 e. The summed E-state index contributed by atoms with van der Waals surface area (Å²) in [5, 5.41) is 23.9. The molecule has 2 aliphatic carbocycles. The Morgan fingerprint density at radius 1 is 1.13 bits per heavy atom. The summed E-state index contributed by atoms with van der Waals surface area (Å²) in [5.74, 6) is -0.123. The number of phenolic OH excluding ortho intramolecular Hbond substituents is 1. The highest BCUT2D eigenvalue weighted by molar-refractivity contribution is 5.92. The Morgan fingerprint density at radius 2 is 1.91 bits per heavy atom. The van der Waals surface area contributed by atoms with E-state index in [-0.39, 0.29) is 29.2 Å². The Bertz CT molecular complexity index is 1660. The number of carbonyl (C=O) groups is 1. The average molecular weight is 619 g/mol. The van der Waals surface area contributed by atoms with Gasteiger partial charge in [0, 0.05) is 31.3 Å². The number of amides is 1. The lowest BCUT2D eigenvalue weighted by Crippen LogP contribution is -2.79. The Balaban J connectivity index is 1.21. The van der Waals surface area contributed by atoms with Gasteiger partial charge in [0.15, 0.2) is 11.5 Å². The van der Waals surface area contributed by atoms with E-state index in [2.05, 4.69) is 17.0 Å². The van der Waals surface area contributed by atoms with Gasteiger partial charge in [-0.2, -0.15) is 13.2 Å². The molecule has 3 aromatic carbocycles. The molecule has 6 nitrogen and oxygen atoms in total. The first-order valence-electron chi connectivity index (χ1n) is 15.6. The fourth-order valence-electron chi connectivity index (χ4n) is 8.90.